The number of amides is 1. The largest absolute Gasteiger partial charge is 0.374 e. The molecule has 6 nitrogen and oxygen atoms in total. The number of benzene rings is 1. The predicted octanol–water partition coefficient (Wildman–Crippen LogP) is 2.89. The van der Waals surface area contributed by atoms with Gasteiger partial charge in [0, 0.05) is 38.6 Å². The Morgan fingerprint density at radius 2 is 2.11 bits per heavy atom. The summed E-state index contributed by atoms with van der Waals surface area (Å²) in [6.45, 7) is 3.47. The highest BCUT2D eigenvalue weighted by Crippen LogP contribution is 2.23. The molecule has 1 atom stereocenters. The Morgan fingerprint density at radius 3 is 2.89 bits per heavy atom. The van der Waals surface area contributed by atoms with Crippen molar-refractivity contribution in [2.45, 2.75) is 17.8 Å². The molecule has 0 spiro atoms. The number of halogens is 2. The maximum atomic E-state index is 12.0. The van der Waals surface area contributed by atoms with Crippen LogP contribution in [0.15, 0.2) is 41.8 Å². The molecule has 1 aliphatic rings. The van der Waals surface area contributed by atoms with Gasteiger partial charge in [-0.15, -0.1) is 0 Å². The van der Waals surface area contributed by atoms with Crippen molar-refractivity contribution in [3.8, 4) is 0 Å². The fourth-order valence-corrected chi connectivity index (χ4v) is 3.67. The second-order valence-electron chi connectivity index (χ2n) is 6.10. The molecule has 3 rings (SSSR count). The molecule has 0 radical (unpaired) electrons. The Morgan fingerprint density at radius 1 is 1.30 bits per heavy atom. The van der Waals surface area contributed by atoms with Crippen LogP contribution in [0.3, 0.4) is 0 Å². The third-order valence-corrected chi connectivity index (χ3v) is 5.63. The van der Waals surface area contributed by atoms with Gasteiger partial charge in [0.1, 0.15) is 0 Å². The van der Waals surface area contributed by atoms with Gasteiger partial charge in [0.2, 0.25) is 5.91 Å². The highest BCUT2D eigenvalue weighted by Gasteiger charge is 2.21. The number of ether oxygens (including phenoxy) is 1. The van der Waals surface area contributed by atoms with Gasteiger partial charge >= 0.3 is 0 Å². The molecule has 9 heteroatoms. The van der Waals surface area contributed by atoms with E-state index in [-0.39, 0.29) is 17.8 Å². The molecule has 1 fully saturated rings. The van der Waals surface area contributed by atoms with Crippen molar-refractivity contribution in [1.82, 2.24) is 20.2 Å². The summed E-state index contributed by atoms with van der Waals surface area (Å²) in [5, 5.41) is 4.63. The SMILES string of the molecule is O=C(CSc1ncccn1)NC[C@H]1CN(Cc2ccc(Cl)c(Cl)c2)CCO1. The summed E-state index contributed by atoms with van der Waals surface area (Å²) in [5.74, 6) is 0.224. The molecule has 1 aromatic heterocycles. The molecular formula is C18H20Cl2N4O2S. The van der Waals surface area contributed by atoms with E-state index in [4.69, 9.17) is 27.9 Å². The summed E-state index contributed by atoms with van der Waals surface area (Å²) in [4.78, 5) is 22.5. The molecule has 1 aromatic carbocycles. The smallest absolute Gasteiger partial charge is 0.230 e. The zero-order chi connectivity index (χ0) is 19.1. The first-order valence-electron chi connectivity index (χ1n) is 8.54. The van der Waals surface area contributed by atoms with Crippen LogP contribution in [0.1, 0.15) is 5.56 Å². The number of aromatic nitrogens is 2. The molecule has 0 aliphatic carbocycles. The van der Waals surface area contributed by atoms with E-state index in [1.807, 2.05) is 18.2 Å². The van der Waals surface area contributed by atoms with Crippen LogP contribution in [-0.2, 0) is 16.1 Å². The van der Waals surface area contributed by atoms with Crippen molar-refractivity contribution in [2.75, 3.05) is 32.0 Å². The molecule has 1 amide bonds. The maximum absolute atomic E-state index is 12.0. The van der Waals surface area contributed by atoms with Gasteiger partial charge in [-0.05, 0) is 23.8 Å². The average molecular weight is 427 g/mol. The van der Waals surface area contributed by atoms with Crippen molar-refractivity contribution in [3.05, 3.63) is 52.3 Å². The minimum Gasteiger partial charge on any atom is -0.374 e. The number of morpholine rings is 1. The number of carbonyl (C=O) groups excluding carboxylic acids is 1. The van der Waals surface area contributed by atoms with Crippen LogP contribution in [0, 0.1) is 0 Å². The molecule has 0 unspecified atom stereocenters. The van der Waals surface area contributed by atoms with Gasteiger partial charge in [-0.2, -0.15) is 0 Å². The van der Waals surface area contributed by atoms with Crippen LogP contribution < -0.4 is 5.32 Å². The summed E-state index contributed by atoms with van der Waals surface area (Å²) >= 11 is 13.4. The van der Waals surface area contributed by atoms with E-state index in [0.29, 0.717) is 28.4 Å². The first-order valence-corrected chi connectivity index (χ1v) is 10.3. The number of rotatable bonds is 7. The first kappa shape index (κ1) is 20.4. The Kier molecular flexibility index (Phi) is 7.72. The Balaban J connectivity index is 1.41. The molecule has 2 heterocycles. The predicted molar refractivity (Wildman–Crippen MR) is 107 cm³/mol. The lowest BCUT2D eigenvalue weighted by Gasteiger charge is -2.33. The number of nitrogens with zero attached hydrogens (tertiary/aromatic N) is 3. The molecule has 1 N–H and O–H groups in total. The molecule has 0 saturated carbocycles. The van der Waals surface area contributed by atoms with Crippen LogP contribution in [0.4, 0.5) is 0 Å². The number of hydrogen-bond acceptors (Lipinski definition) is 6. The van der Waals surface area contributed by atoms with Crippen molar-refractivity contribution in [2.24, 2.45) is 0 Å². The number of nitrogens with one attached hydrogen (secondary N) is 1. The highest BCUT2D eigenvalue weighted by atomic mass is 35.5. The third-order valence-electron chi connectivity index (χ3n) is 4.01. The van der Waals surface area contributed by atoms with Crippen LogP contribution in [0.25, 0.3) is 0 Å². The molecule has 27 heavy (non-hydrogen) atoms. The van der Waals surface area contributed by atoms with Gasteiger partial charge < -0.3 is 10.1 Å². The highest BCUT2D eigenvalue weighted by molar-refractivity contribution is 7.99. The van der Waals surface area contributed by atoms with Crippen molar-refractivity contribution in [1.29, 1.82) is 0 Å². The zero-order valence-corrected chi connectivity index (χ0v) is 16.9. The number of thioether (sulfide) groups is 1. The van der Waals surface area contributed by atoms with Gasteiger partial charge in [0.25, 0.3) is 0 Å². The lowest BCUT2D eigenvalue weighted by molar-refractivity contribution is -0.119. The van der Waals surface area contributed by atoms with E-state index >= 15 is 0 Å². The second-order valence-corrected chi connectivity index (χ2v) is 7.86. The van der Waals surface area contributed by atoms with Gasteiger partial charge in [-0.3, -0.25) is 9.69 Å². The van der Waals surface area contributed by atoms with Crippen LogP contribution in [0.5, 0.6) is 0 Å². The van der Waals surface area contributed by atoms with Crippen LogP contribution in [-0.4, -0.2) is 58.9 Å². The Hall–Kier alpha value is -1.38. The van der Waals surface area contributed by atoms with Crippen LogP contribution in [0.2, 0.25) is 10.0 Å². The normalized spacial score (nSPS) is 17.6. The van der Waals surface area contributed by atoms with Crippen LogP contribution >= 0.6 is 35.0 Å². The topological polar surface area (TPSA) is 67.4 Å². The van der Waals surface area contributed by atoms with E-state index < -0.39 is 0 Å². The van der Waals surface area contributed by atoms with E-state index in [0.717, 1.165) is 25.2 Å². The molecule has 2 aromatic rings. The average Bonchev–Trinajstić information content (AvgIpc) is 2.69. The van der Waals surface area contributed by atoms with Gasteiger partial charge in [-0.1, -0.05) is 41.0 Å². The summed E-state index contributed by atoms with van der Waals surface area (Å²) in [6.07, 6.45) is 3.28. The summed E-state index contributed by atoms with van der Waals surface area (Å²) in [6, 6.07) is 7.42. The van der Waals surface area contributed by atoms with Crippen molar-refractivity contribution in [3.63, 3.8) is 0 Å². The van der Waals surface area contributed by atoms with Gasteiger partial charge in [0.15, 0.2) is 5.16 Å². The van der Waals surface area contributed by atoms with E-state index in [1.54, 1.807) is 18.5 Å². The van der Waals surface area contributed by atoms with E-state index in [1.165, 1.54) is 11.8 Å². The minimum atomic E-state index is -0.0577. The molecular weight excluding hydrogens is 407 g/mol. The lowest BCUT2D eigenvalue weighted by Crippen LogP contribution is -2.47. The summed E-state index contributed by atoms with van der Waals surface area (Å²) in [7, 11) is 0. The monoisotopic (exact) mass is 426 g/mol. The fourth-order valence-electron chi connectivity index (χ4n) is 2.71. The molecule has 0 bridgehead atoms. The summed E-state index contributed by atoms with van der Waals surface area (Å²) in [5.41, 5.74) is 1.10. The lowest BCUT2D eigenvalue weighted by atomic mass is 10.2. The number of carbonyl (C=O) groups is 1. The van der Waals surface area contributed by atoms with Gasteiger partial charge in [-0.25, -0.2) is 9.97 Å². The first-order chi connectivity index (χ1) is 13.1. The van der Waals surface area contributed by atoms with Crippen molar-refractivity contribution >= 4 is 40.9 Å². The van der Waals surface area contributed by atoms with E-state index in [9.17, 15) is 4.79 Å². The zero-order valence-electron chi connectivity index (χ0n) is 14.6. The standard InChI is InChI=1S/C18H20Cl2N4O2S/c19-15-3-2-13(8-16(15)20)10-24-6-7-26-14(11-24)9-23-17(25)12-27-18-21-4-1-5-22-18/h1-5,8,14H,6-7,9-12H2,(H,23,25)/t14-/m0/s1. The minimum absolute atomic E-state index is 0.0385. The van der Waals surface area contributed by atoms with E-state index in [2.05, 4.69) is 20.2 Å². The second kappa shape index (κ2) is 10.2. The van der Waals surface area contributed by atoms with Gasteiger partial charge in [0.05, 0.1) is 28.5 Å². The summed E-state index contributed by atoms with van der Waals surface area (Å²) < 4.78 is 5.77. The quantitative estimate of drug-likeness (QED) is 0.542. The molecule has 1 saturated heterocycles. The number of hydrogen-bond donors (Lipinski definition) is 1. The molecule has 1 aliphatic heterocycles. The Bertz CT molecular complexity index is 766. The van der Waals surface area contributed by atoms with Crippen molar-refractivity contribution < 1.29 is 9.53 Å². The molecule has 144 valence electrons. The maximum Gasteiger partial charge on any atom is 0.230 e. The Labute approximate surface area is 172 Å². The fraction of sp³-hybridized carbons (Fsp3) is 0.389. The third kappa shape index (κ3) is 6.62.